The van der Waals surface area contributed by atoms with Crippen LogP contribution in [-0.2, 0) is 0 Å². The fourth-order valence-corrected chi connectivity index (χ4v) is 5.23. The molecular formula is C19H22N2S2. The summed E-state index contributed by atoms with van der Waals surface area (Å²) in [7, 11) is 0. The van der Waals surface area contributed by atoms with Crippen LogP contribution in [0.1, 0.15) is 24.6 Å². The van der Waals surface area contributed by atoms with Crippen molar-refractivity contribution in [3.05, 3.63) is 47.3 Å². The lowest BCUT2D eigenvalue weighted by Crippen LogP contribution is -2.62. The van der Waals surface area contributed by atoms with Crippen LogP contribution in [0.2, 0.25) is 0 Å². The van der Waals surface area contributed by atoms with E-state index in [1.54, 1.807) is 11.3 Å². The molecule has 120 valence electrons. The Hall–Kier alpha value is -1.23. The van der Waals surface area contributed by atoms with Crippen LogP contribution in [0.25, 0.3) is 10.4 Å². The van der Waals surface area contributed by atoms with Gasteiger partial charge in [-0.05, 0) is 56.5 Å². The molecule has 2 aromatic rings. The molecule has 0 spiro atoms. The number of nitrogens with one attached hydrogen (secondary N) is 1. The van der Waals surface area contributed by atoms with Crippen molar-refractivity contribution in [2.45, 2.75) is 31.8 Å². The van der Waals surface area contributed by atoms with Crippen LogP contribution in [0.3, 0.4) is 0 Å². The van der Waals surface area contributed by atoms with Gasteiger partial charge in [0.15, 0.2) is 0 Å². The van der Waals surface area contributed by atoms with E-state index in [1.165, 1.54) is 41.2 Å². The minimum Gasteiger partial charge on any atom is -0.371 e. The van der Waals surface area contributed by atoms with Crippen LogP contribution < -0.4 is 5.32 Å². The Morgan fingerprint density at radius 3 is 2.57 bits per heavy atom. The fraction of sp³-hybridized carbons (Fsp3) is 0.421. The predicted octanol–water partition coefficient (Wildman–Crippen LogP) is 4.16. The highest BCUT2D eigenvalue weighted by atomic mass is 32.1. The number of hydrogen-bond acceptors (Lipinski definition) is 3. The summed E-state index contributed by atoms with van der Waals surface area (Å²) in [5, 5.41) is 3.68. The Kier molecular flexibility index (Phi) is 4.22. The molecule has 2 bridgehead atoms. The van der Waals surface area contributed by atoms with E-state index < -0.39 is 0 Å². The molecule has 3 fully saturated rings. The lowest BCUT2D eigenvalue weighted by molar-refractivity contribution is 0.0303. The van der Waals surface area contributed by atoms with Crippen LogP contribution >= 0.6 is 23.6 Å². The molecule has 0 aliphatic carbocycles. The van der Waals surface area contributed by atoms with Crippen molar-refractivity contribution >= 4 is 28.5 Å². The molecule has 2 nitrogen and oxygen atoms in total. The summed E-state index contributed by atoms with van der Waals surface area (Å²) in [5.41, 5.74) is 1.27. The second-order valence-electron chi connectivity index (χ2n) is 6.64. The van der Waals surface area contributed by atoms with E-state index in [-0.39, 0.29) is 0 Å². The number of benzene rings is 1. The molecule has 0 amide bonds. The van der Waals surface area contributed by atoms with Gasteiger partial charge in [-0.25, -0.2) is 0 Å². The third-order valence-corrected chi connectivity index (χ3v) is 6.98. The minimum absolute atomic E-state index is 0.507. The summed E-state index contributed by atoms with van der Waals surface area (Å²) >= 11 is 7.50. The first-order chi connectivity index (χ1) is 11.2. The summed E-state index contributed by atoms with van der Waals surface area (Å²) in [6.45, 7) is 4.86. The predicted molar refractivity (Wildman–Crippen MR) is 102 cm³/mol. The molecule has 1 aromatic carbocycles. The number of hydrogen-bond donors (Lipinski definition) is 1. The molecule has 0 saturated carbocycles. The second kappa shape index (κ2) is 6.34. The van der Waals surface area contributed by atoms with E-state index in [2.05, 4.69) is 59.6 Å². The summed E-state index contributed by atoms with van der Waals surface area (Å²) < 4.78 is 0. The molecule has 0 unspecified atom stereocenters. The van der Waals surface area contributed by atoms with E-state index in [4.69, 9.17) is 12.2 Å². The maximum atomic E-state index is 5.71. The molecule has 1 aromatic heterocycles. The van der Waals surface area contributed by atoms with E-state index in [0.29, 0.717) is 12.1 Å². The summed E-state index contributed by atoms with van der Waals surface area (Å²) in [6.07, 6.45) is 2.62. The van der Waals surface area contributed by atoms with Gasteiger partial charge >= 0.3 is 0 Å². The highest BCUT2D eigenvalue weighted by molar-refractivity contribution is 7.81. The van der Waals surface area contributed by atoms with Crippen LogP contribution in [0.15, 0.2) is 42.5 Å². The topological polar surface area (TPSA) is 15.3 Å². The molecular weight excluding hydrogens is 320 g/mol. The van der Waals surface area contributed by atoms with Gasteiger partial charge in [0.1, 0.15) is 4.99 Å². The third-order valence-electron chi connectivity index (χ3n) is 5.36. The minimum atomic E-state index is 0.507. The smallest absolute Gasteiger partial charge is 0.117 e. The van der Waals surface area contributed by atoms with Gasteiger partial charge in [0, 0.05) is 17.0 Å². The Bertz CT molecular complexity index is 684. The molecule has 23 heavy (non-hydrogen) atoms. The molecule has 3 aliphatic rings. The summed E-state index contributed by atoms with van der Waals surface area (Å²) in [4.78, 5) is 5.99. The molecule has 5 rings (SSSR count). The Morgan fingerprint density at radius 1 is 1.13 bits per heavy atom. The zero-order valence-electron chi connectivity index (χ0n) is 13.4. The number of thiocarbonyl (C=S) groups is 1. The zero-order chi connectivity index (χ0) is 15.8. The zero-order valence-corrected chi connectivity index (χ0v) is 15.0. The van der Waals surface area contributed by atoms with Gasteiger partial charge in [-0.2, -0.15) is 0 Å². The van der Waals surface area contributed by atoms with Gasteiger partial charge in [0.2, 0.25) is 0 Å². The molecule has 0 radical (unpaired) electrons. The first-order valence-corrected chi connectivity index (χ1v) is 9.65. The molecule has 3 saturated heterocycles. The average Bonchev–Trinajstić information content (AvgIpc) is 3.09. The van der Waals surface area contributed by atoms with Crippen molar-refractivity contribution < 1.29 is 0 Å². The lowest BCUT2D eigenvalue weighted by Gasteiger charge is -2.50. The Morgan fingerprint density at radius 2 is 1.87 bits per heavy atom. The van der Waals surface area contributed by atoms with Crippen LogP contribution in [0.4, 0.5) is 0 Å². The molecule has 2 atom stereocenters. The standard InChI is InChI=1S/C19H22N2S2/c1-13-18(15-9-11-21(13)12-10-15)20-19(22)17-8-7-16(23-17)14-5-3-2-4-6-14/h2-8,13,15,18H,9-12H2,1H3,(H,20,22)/t13-,18-/m0/s1. The van der Waals surface area contributed by atoms with Crippen molar-refractivity contribution in [3.63, 3.8) is 0 Å². The average molecular weight is 343 g/mol. The highest BCUT2D eigenvalue weighted by Crippen LogP contribution is 2.33. The molecule has 4 heterocycles. The first-order valence-electron chi connectivity index (χ1n) is 8.42. The van der Waals surface area contributed by atoms with E-state index >= 15 is 0 Å². The maximum absolute atomic E-state index is 5.71. The highest BCUT2D eigenvalue weighted by Gasteiger charge is 2.40. The van der Waals surface area contributed by atoms with Gasteiger partial charge < -0.3 is 5.32 Å². The van der Waals surface area contributed by atoms with Crippen LogP contribution in [0.5, 0.6) is 0 Å². The van der Waals surface area contributed by atoms with Crippen LogP contribution in [0, 0.1) is 5.92 Å². The van der Waals surface area contributed by atoms with Crippen molar-refractivity contribution in [2.24, 2.45) is 5.92 Å². The van der Waals surface area contributed by atoms with Crippen molar-refractivity contribution in [2.75, 3.05) is 13.1 Å². The number of fused-ring (bicyclic) bond motifs is 3. The van der Waals surface area contributed by atoms with E-state index in [1.807, 2.05) is 0 Å². The fourth-order valence-electron chi connectivity index (χ4n) is 3.99. The third kappa shape index (κ3) is 2.95. The van der Waals surface area contributed by atoms with Crippen LogP contribution in [-0.4, -0.2) is 35.1 Å². The Labute approximate surface area is 147 Å². The number of nitrogens with zero attached hydrogens (tertiary/aromatic N) is 1. The number of thiophene rings is 1. The van der Waals surface area contributed by atoms with Gasteiger partial charge in [0.25, 0.3) is 0 Å². The largest absolute Gasteiger partial charge is 0.371 e. The molecule has 1 N–H and O–H groups in total. The molecule has 4 heteroatoms. The van der Waals surface area contributed by atoms with Gasteiger partial charge in [0.05, 0.1) is 4.88 Å². The maximum Gasteiger partial charge on any atom is 0.117 e. The van der Waals surface area contributed by atoms with E-state index in [9.17, 15) is 0 Å². The Balaban J connectivity index is 1.49. The van der Waals surface area contributed by atoms with Gasteiger partial charge in [-0.3, -0.25) is 4.90 Å². The van der Waals surface area contributed by atoms with Crippen molar-refractivity contribution in [1.29, 1.82) is 0 Å². The monoisotopic (exact) mass is 342 g/mol. The van der Waals surface area contributed by atoms with Gasteiger partial charge in [-0.1, -0.05) is 42.5 Å². The van der Waals surface area contributed by atoms with Crippen molar-refractivity contribution in [3.8, 4) is 10.4 Å². The van der Waals surface area contributed by atoms with Crippen molar-refractivity contribution in [1.82, 2.24) is 10.2 Å². The number of rotatable bonds is 3. The summed E-state index contributed by atoms with van der Waals surface area (Å²) in [5.74, 6) is 0.779. The lowest BCUT2D eigenvalue weighted by atomic mass is 9.79. The summed E-state index contributed by atoms with van der Waals surface area (Å²) in [6, 6.07) is 16.0. The quantitative estimate of drug-likeness (QED) is 0.843. The number of piperidine rings is 3. The normalized spacial score (nSPS) is 29.4. The van der Waals surface area contributed by atoms with E-state index in [0.717, 1.165) is 10.9 Å². The SMILES string of the molecule is C[C@H]1[C@H](NC(=S)c2ccc(-c3ccccc3)s2)C2CCN1CC2. The molecule has 3 aliphatic heterocycles. The second-order valence-corrected chi connectivity index (χ2v) is 8.14. The first kappa shape index (κ1) is 15.3. The van der Waals surface area contributed by atoms with Gasteiger partial charge in [-0.15, -0.1) is 11.3 Å².